The van der Waals surface area contributed by atoms with Crippen LogP contribution in [0.5, 0.6) is 0 Å². The molecule has 4 fully saturated rings. The highest BCUT2D eigenvalue weighted by atomic mass is 16.3. The molecule has 12 rings (SSSR count). The van der Waals surface area contributed by atoms with E-state index in [1.165, 1.54) is 99.2 Å². The summed E-state index contributed by atoms with van der Waals surface area (Å²) in [6.45, 7) is 2.32. The van der Waals surface area contributed by atoms with Crippen molar-refractivity contribution in [1.29, 1.82) is 0 Å². The quantitative estimate of drug-likeness (QED) is 0.189. The Morgan fingerprint density at radius 1 is 0.551 bits per heavy atom. The molecule has 4 aliphatic carbocycles. The van der Waals surface area contributed by atoms with Crippen LogP contribution in [0.25, 0.3) is 71.7 Å². The minimum absolute atomic E-state index is 0.330. The second-order valence-electron chi connectivity index (χ2n) is 15.6. The number of rotatable bonds is 4. The summed E-state index contributed by atoms with van der Waals surface area (Å²) in [5.74, 6) is 2.75. The maximum absolute atomic E-state index is 6.22. The number of fused-ring (bicyclic) bond motifs is 6. The summed E-state index contributed by atoms with van der Waals surface area (Å²) in [5, 5.41) is 5.28. The van der Waals surface area contributed by atoms with Crippen LogP contribution >= 0.6 is 0 Å². The van der Waals surface area contributed by atoms with E-state index in [0.29, 0.717) is 5.41 Å². The van der Waals surface area contributed by atoms with Crippen LogP contribution in [-0.2, 0) is 5.41 Å². The Labute approximate surface area is 287 Å². The number of aromatic nitrogens is 1. The van der Waals surface area contributed by atoms with Gasteiger partial charge in [-0.2, -0.15) is 0 Å². The van der Waals surface area contributed by atoms with Crippen molar-refractivity contribution in [2.24, 2.45) is 17.8 Å². The molecule has 0 atom stereocenters. The van der Waals surface area contributed by atoms with E-state index in [2.05, 4.69) is 127 Å². The van der Waals surface area contributed by atoms with Gasteiger partial charge in [-0.15, -0.1) is 0 Å². The third-order valence-corrected chi connectivity index (χ3v) is 12.7. The lowest BCUT2D eigenvalue weighted by Crippen LogP contribution is -2.48. The molecule has 4 bridgehead atoms. The zero-order valence-corrected chi connectivity index (χ0v) is 28.0. The van der Waals surface area contributed by atoms with Gasteiger partial charge in [0.25, 0.3) is 0 Å². The van der Waals surface area contributed by atoms with Gasteiger partial charge in [-0.25, -0.2) is 0 Å². The number of para-hydroxylation sites is 2. The molecular formula is C47H39NO. The van der Waals surface area contributed by atoms with Crippen LogP contribution in [0.3, 0.4) is 0 Å². The van der Waals surface area contributed by atoms with E-state index in [0.717, 1.165) is 34.3 Å². The van der Waals surface area contributed by atoms with Gasteiger partial charge >= 0.3 is 0 Å². The van der Waals surface area contributed by atoms with Crippen molar-refractivity contribution in [1.82, 2.24) is 4.57 Å². The van der Waals surface area contributed by atoms with Crippen LogP contribution < -0.4 is 0 Å². The normalized spacial score (nSPS) is 23.0. The van der Waals surface area contributed by atoms with Crippen LogP contribution in [-0.4, -0.2) is 4.57 Å². The third-order valence-electron chi connectivity index (χ3n) is 12.7. The molecule has 238 valence electrons. The summed E-state index contributed by atoms with van der Waals surface area (Å²) >= 11 is 0. The molecule has 49 heavy (non-hydrogen) atoms. The van der Waals surface area contributed by atoms with E-state index < -0.39 is 0 Å². The zero-order valence-electron chi connectivity index (χ0n) is 28.0. The molecule has 0 amide bonds. The van der Waals surface area contributed by atoms with Gasteiger partial charge in [0, 0.05) is 27.1 Å². The molecule has 2 nitrogen and oxygen atoms in total. The van der Waals surface area contributed by atoms with Gasteiger partial charge in [0.05, 0.1) is 16.7 Å². The summed E-state index contributed by atoms with van der Waals surface area (Å²) in [5.41, 5.74) is 13.9. The maximum atomic E-state index is 6.22. The molecule has 0 unspecified atom stereocenters. The average Bonchev–Trinajstić information content (AvgIpc) is 3.67. The number of furan rings is 1. The number of hydrogen-bond donors (Lipinski definition) is 0. The molecule has 2 aromatic heterocycles. The Kier molecular flexibility index (Phi) is 5.80. The Balaban J connectivity index is 1.05. The van der Waals surface area contributed by atoms with Crippen molar-refractivity contribution in [3.63, 3.8) is 0 Å². The summed E-state index contributed by atoms with van der Waals surface area (Å²) in [4.78, 5) is 0. The van der Waals surface area contributed by atoms with Crippen molar-refractivity contribution in [2.75, 3.05) is 0 Å². The molecule has 0 radical (unpaired) electrons. The fourth-order valence-corrected chi connectivity index (χ4v) is 11.1. The maximum Gasteiger partial charge on any atom is 0.136 e. The molecule has 0 N–H and O–H groups in total. The van der Waals surface area contributed by atoms with Gasteiger partial charge in [-0.1, -0.05) is 91.0 Å². The van der Waals surface area contributed by atoms with E-state index in [-0.39, 0.29) is 0 Å². The highest BCUT2D eigenvalue weighted by Gasteiger charge is 2.52. The average molecular weight is 634 g/mol. The highest BCUT2D eigenvalue weighted by Crippen LogP contribution is 2.62. The SMILES string of the molecule is Cc1cccc2c1c1c(C34CC5CC(CC(C5)C3)C4)cccc1n2-c1ccccc1-c1ccc(-c2ccc3c(c2)oc2ccccc23)cc1. The number of benzene rings is 6. The first-order valence-electron chi connectivity index (χ1n) is 18.3. The Hall–Kier alpha value is -5.08. The lowest BCUT2D eigenvalue weighted by Gasteiger charge is -2.57. The van der Waals surface area contributed by atoms with Crippen molar-refractivity contribution in [2.45, 2.75) is 50.9 Å². The summed E-state index contributed by atoms with van der Waals surface area (Å²) in [6, 6.07) is 47.1. The monoisotopic (exact) mass is 633 g/mol. The van der Waals surface area contributed by atoms with Crippen LogP contribution in [0.4, 0.5) is 0 Å². The van der Waals surface area contributed by atoms with Crippen LogP contribution in [0.2, 0.25) is 0 Å². The first kappa shape index (κ1) is 27.8. The first-order valence-corrected chi connectivity index (χ1v) is 18.3. The third kappa shape index (κ3) is 4.07. The summed E-state index contributed by atoms with van der Waals surface area (Å²) in [6.07, 6.45) is 8.54. The van der Waals surface area contributed by atoms with Gasteiger partial charge in [0.2, 0.25) is 0 Å². The van der Waals surface area contributed by atoms with E-state index >= 15 is 0 Å². The second kappa shape index (κ2) is 10.2. The molecule has 4 aliphatic rings. The topological polar surface area (TPSA) is 18.1 Å². The van der Waals surface area contributed by atoms with Crippen molar-refractivity contribution >= 4 is 43.7 Å². The van der Waals surface area contributed by atoms with Crippen LogP contribution in [0.1, 0.15) is 49.7 Å². The molecule has 2 heterocycles. The van der Waals surface area contributed by atoms with Gasteiger partial charge in [-0.05, 0) is 133 Å². The summed E-state index contributed by atoms with van der Waals surface area (Å²) in [7, 11) is 0. The Morgan fingerprint density at radius 3 is 1.98 bits per heavy atom. The molecule has 4 saturated carbocycles. The zero-order chi connectivity index (χ0) is 32.3. The highest BCUT2D eigenvalue weighted by molar-refractivity contribution is 6.13. The van der Waals surface area contributed by atoms with Gasteiger partial charge in [-0.3, -0.25) is 0 Å². The van der Waals surface area contributed by atoms with E-state index in [1.807, 2.05) is 12.1 Å². The predicted molar refractivity (Wildman–Crippen MR) is 204 cm³/mol. The largest absolute Gasteiger partial charge is 0.456 e. The fourth-order valence-electron chi connectivity index (χ4n) is 11.1. The minimum Gasteiger partial charge on any atom is -0.456 e. The number of hydrogen-bond acceptors (Lipinski definition) is 1. The smallest absolute Gasteiger partial charge is 0.136 e. The fraction of sp³-hybridized carbons (Fsp3) is 0.234. The van der Waals surface area contributed by atoms with Crippen LogP contribution in [0.15, 0.2) is 132 Å². The Morgan fingerprint density at radius 2 is 1.18 bits per heavy atom. The molecule has 0 spiro atoms. The van der Waals surface area contributed by atoms with Gasteiger partial charge in [0.1, 0.15) is 11.2 Å². The number of aryl methyl sites for hydroxylation is 1. The summed E-state index contributed by atoms with van der Waals surface area (Å²) < 4.78 is 8.79. The van der Waals surface area contributed by atoms with Crippen molar-refractivity contribution < 1.29 is 4.42 Å². The molecule has 0 saturated heterocycles. The predicted octanol–water partition coefficient (Wildman–Crippen LogP) is 12.8. The van der Waals surface area contributed by atoms with E-state index in [1.54, 1.807) is 5.56 Å². The second-order valence-corrected chi connectivity index (χ2v) is 15.6. The van der Waals surface area contributed by atoms with Gasteiger partial charge in [0.15, 0.2) is 0 Å². The number of nitrogens with zero attached hydrogens (tertiary/aromatic N) is 1. The standard InChI is InChI=1S/C47H39NO/c1-29-8-6-13-41-45(29)46-39(47-26-30-22-31(27-47)24-32(23-30)28-47)11-7-14-42(46)48(41)40-12-4-2-9-36(40)34-18-16-33(17-19-34)35-20-21-38-37-10-3-5-15-43(37)49-44(38)25-35/h2-21,25,30-32H,22-24,26-28H2,1H3. The van der Waals surface area contributed by atoms with E-state index in [4.69, 9.17) is 4.42 Å². The lowest BCUT2D eigenvalue weighted by atomic mass is 9.48. The molecule has 6 aromatic carbocycles. The minimum atomic E-state index is 0.330. The molecule has 8 aromatic rings. The van der Waals surface area contributed by atoms with Crippen molar-refractivity contribution in [3.05, 3.63) is 139 Å². The van der Waals surface area contributed by atoms with Gasteiger partial charge < -0.3 is 8.98 Å². The van der Waals surface area contributed by atoms with Crippen LogP contribution in [0, 0.1) is 24.7 Å². The lowest BCUT2D eigenvalue weighted by molar-refractivity contribution is -0.00447. The molecular weight excluding hydrogens is 595 g/mol. The Bertz CT molecular complexity index is 2560. The van der Waals surface area contributed by atoms with Crippen molar-refractivity contribution in [3.8, 4) is 27.9 Å². The molecule has 2 heteroatoms. The van der Waals surface area contributed by atoms with E-state index in [9.17, 15) is 0 Å². The molecule has 0 aliphatic heterocycles. The first-order chi connectivity index (χ1) is 24.1.